The minimum atomic E-state index is -5.03. The van der Waals surface area contributed by atoms with E-state index < -0.39 is 138 Å². The van der Waals surface area contributed by atoms with Gasteiger partial charge in [-0.3, -0.25) is 46.7 Å². The monoisotopic (exact) mass is 1770 g/mol. The van der Waals surface area contributed by atoms with Gasteiger partial charge in [0.15, 0.2) is 11.2 Å². The minimum Gasteiger partial charge on any atom is -0.497 e. The van der Waals surface area contributed by atoms with Gasteiger partial charge in [-0.2, -0.15) is 30.5 Å². The second-order valence-electron chi connectivity index (χ2n) is 27.4. The molecular weight excluding hydrogens is 1700 g/mol. The average molecular weight is 1780 g/mol. The lowest BCUT2D eigenvalue weighted by molar-refractivity contribution is -0.185. The number of amides is 2. The Hall–Kier alpha value is -9.85. The summed E-state index contributed by atoms with van der Waals surface area (Å²) in [5, 5.41) is 38.9. The van der Waals surface area contributed by atoms with Crippen molar-refractivity contribution >= 4 is 103 Å². The van der Waals surface area contributed by atoms with Crippen LogP contribution in [0.2, 0.25) is 10.0 Å². The number of aliphatic hydroxyl groups is 1. The molecule has 0 spiro atoms. The summed E-state index contributed by atoms with van der Waals surface area (Å²) in [6.45, 7) is -7.24. The van der Waals surface area contributed by atoms with Crippen LogP contribution in [0.1, 0.15) is 97.2 Å². The van der Waals surface area contributed by atoms with Crippen molar-refractivity contribution in [2.24, 2.45) is 5.92 Å². The van der Waals surface area contributed by atoms with Gasteiger partial charge in [-0.15, -0.1) is 9.42 Å². The Morgan fingerprint density at radius 3 is 1.93 bits per heavy atom. The number of hydrogen-bond donors (Lipinski definition) is 4. The lowest BCUT2D eigenvalue weighted by Gasteiger charge is -2.37. The third-order valence-electron chi connectivity index (χ3n) is 19.1. The molecule has 0 radical (unpaired) electrons. The summed E-state index contributed by atoms with van der Waals surface area (Å²) in [4.78, 5) is 87.2. The quantitative estimate of drug-likeness (QED) is 0.0122. The van der Waals surface area contributed by atoms with Crippen molar-refractivity contribution in [3.05, 3.63) is 241 Å². The molecule has 0 saturated carbocycles. The number of ether oxygens (including phenoxy) is 8. The Labute approximate surface area is 705 Å². The van der Waals surface area contributed by atoms with Gasteiger partial charge in [0.2, 0.25) is 23.5 Å². The summed E-state index contributed by atoms with van der Waals surface area (Å²) < 4.78 is 130. The van der Waals surface area contributed by atoms with Crippen LogP contribution in [-0.4, -0.2) is 142 Å². The minimum absolute atomic E-state index is 0.0190. The highest BCUT2D eigenvalue weighted by Crippen LogP contribution is 2.67. The Kier molecular flexibility index (Phi) is 28.8. The third kappa shape index (κ3) is 21.0. The molecule has 3 aliphatic rings. The fourth-order valence-electron chi connectivity index (χ4n) is 13.2. The number of aryl methyl sites for hydroxylation is 1. The molecule has 4 aromatic heterocycles. The first kappa shape index (κ1) is 88.0. The summed E-state index contributed by atoms with van der Waals surface area (Å²) in [7, 11) is -0.302. The average Bonchev–Trinajstić information content (AvgIpc) is 0.780. The zero-order chi connectivity index (χ0) is 84.9. The molecule has 41 heteroatoms. The second kappa shape index (κ2) is 39.3. The first-order valence-corrected chi connectivity index (χ1v) is 45.3. The highest BCUT2D eigenvalue weighted by Gasteiger charge is 2.56. The van der Waals surface area contributed by atoms with Gasteiger partial charge < -0.3 is 48.3 Å². The summed E-state index contributed by atoms with van der Waals surface area (Å²) in [5.41, 5.74) is -0.863. The SMILES string of the molecule is COc1ccc(C(OC[C@H]2O[C@@H](n3cnc4c(Oc5cc(Cl)ccc5Cl)nc(NC(=O)C(C)C)nc43)C[C@@H]2OP(=O)(OC[C@H]2O[C@@H](n3ccc(NC(=O)c4ccccc4)nc3=O)C[C@@]2(O)OP(=O)(OC[C@H]2O[C@@H](n3cc(C)c(Oc4ccccc4)nc3=O)C[C@@H]2O[P+](=O)O)SCCC#N)SCCC#N)(c2ccccc2)c2ccc(OC)cc2)cc1. The van der Waals surface area contributed by atoms with E-state index >= 15 is 9.13 Å². The van der Waals surface area contributed by atoms with E-state index in [0.717, 1.165) is 9.13 Å². The summed E-state index contributed by atoms with van der Waals surface area (Å²) in [6.07, 6.45) is -9.45. The highest BCUT2D eigenvalue weighted by molar-refractivity contribution is 8.55. The molecule has 2 amide bonds. The van der Waals surface area contributed by atoms with Crippen LogP contribution in [0.4, 0.5) is 11.8 Å². The smallest absolute Gasteiger partial charge is 0.497 e. The van der Waals surface area contributed by atoms with Crippen LogP contribution in [0.25, 0.3) is 11.2 Å². The van der Waals surface area contributed by atoms with E-state index in [1.807, 2.05) is 66.7 Å². The number of methoxy groups -OCH3 is 2. The second-order valence-corrected chi connectivity index (χ2v) is 37.2. The normalized spacial score (nSPS) is 20.8. The van der Waals surface area contributed by atoms with E-state index in [4.69, 9.17) is 93.7 Å². The number of fused-ring (bicyclic) bond motifs is 1. The Morgan fingerprint density at radius 1 is 0.692 bits per heavy atom. The zero-order valence-electron chi connectivity index (χ0n) is 64.5. The number of imidazole rings is 1. The number of carbonyl (C=O) groups excluding carboxylic acids is 2. The molecule has 3 unspecified atom stereocenters. The van der Waals surface area contributed by atoms with E-state index in [9.17, 15) is 44.3 Å². The van der Waals surface area contributed by atoms with Crippen molar-refractivity contribution in [1.82, 2.24) is 38.6 Å². The molecule has 0 bridgehead atoms. The zero-order valence-corrected chi connectivity index (χ0v) is 70.4. The number of rotatable bonds is 37. The van der Waals surface area contributed by atoms with E-state index in [1.54, 1.807) is 112 Å². The van der Waals surface area contributed by atoms with Gasteiger partial charge in [-0.05, 0) is 113 Å². The maximum Gasteiger partial charge on any atom is 0.695 e. The van der Waals surface area contributed by atoms with Crippen molar-refractivity contribution < 1.29 is 93.8 Å². The lowest BCUT2D eigenvalue weighted by atomic mass is 9.80. The van der Waals surface area contributed by atoms with Gasteiger partial charge in [-0.25, -0.2) is 23.7 Å². The molecular formula is C79H78Cl2N12O22P3S2+. The number of para-hydroxylation sites is 1. The molecule has 3 aliphatic heterocycles. The maximum absolute atomic E-state index is 16.4. The number of carbonyl (C=O) groups is 2. The molecule has 626 valence electrons. The number of aromatic nitrogens is 8. The van der Waals surface area contributed by atoms with Crippen molar-refractivity contribution in [2.75, 3.05) is 56.2 Å². The van der Waals surface area contributed by atoms with E-state index in [1.165, 1.54) is 55.7 Å². The highest BCUT2D eigenvalue weighted by atomic mass is 35.5. The summed E-state index contributed by atoms with van der Waals surface area (Å²) in [6, 6.07) is 50.2. The first-order valence-electron chi connectivity index (χ1n) is 37.2. The van der Waals surface area contributed by atoms with Crippen molar-refractivity contribution in [2.45, 2.75) is 113 Å². The number of nitrogens with one attached hydrogen (secondary N) is 2. The standard InChI is InChI=1S/C79H77Cl2N12O22P3S2/c1-48(2)71(94)88-75-87-70-69(74(89-75)111-59-39-54(80)27-32-58(59)81)84-47-93(70)67-41-61(62(109-67)44-105-79(51-19-11-7-12-20-51,52-23-28-55(103-4)29-24-52)53-25-30-56(104-5)31-26-53)114-117(101,119-37-15-34-82)107-46-64-78(98,42-68(112-64)91-36-33-65(86-76(91)96)85-72(95)50-17-9-6-10-18-50)115-118(102,120-38-16-35-83)106-45-63-60(113-116(99)100)40-66(110-63)92-43-49(3)73(90-77(92)97)108-57-21-13-8-14-22-57/h6-14,17-33,36,39,43,47-48,60-64,66-68,98H,15-16,37-38,40-42,44-46H2,1-5H3,(H2-,85,86,87,88,89,94,95,96,99,100)/p+1/t60-,61-,62+,63+,64+,66+,67+,68+,78+,117?,118?/m0/s1. The number of nitriles is 2. The number of hydrogen-bond acceptors (Lipinski definition) is 30. The maximum atomic E-state index is 16.4. The lowest BCUT2D eigenvalue weighted by Crippen LogP contribution is -2.43. The molecule has 4 N–H and O–H groups in total. The fraction of sp³-hybridized carbons (Fsp3) is 0.329. The largest absolute Gasteiger partial charge is 0.695 e. The van der Waals surface area contributed by atoms with Crippen LogP contribution >= 0.6 is 67.8 Å². The van der Waals surface area contributed by atoms with Crippen LogP contribution in [0.5, 0.6) is 34.8 Å². The fourth-order valence-corrected chi connectivity index (χ4v) is 20.7. The third-order valence-corrected chi connectivity index (χ3v) is 27.6. The number of anilines is 2. The molecule has 3 fully saturated rings. The predicted molar refractivity (Wildman–Crippen MR) is 440 cm³/mol. The predicted octanol–water partition coefficient (Wildman–Crippen LogP) is 14.9. The van der Waals surface area contributed by atoms with Crippen molar-refractivity contribution in [1.29, 1.82) is 10.5 Å². The van der Waals surface area contributed by atoms with Crippen molar-refractivity contribution in [3.8, 4) is 46.9 Å². The Morgan fingerprint density at radius 2 is 1.29 bits per heavy atom. The molecule has 12 atom stereocenters. The van der Waals surface area contributed by atoms with Crippen LogP contribution in [0.3, 0.4) is 0 Å². The van der Waals surface area contributed by atoms with Gasteiger partial charge >= 0.3 is 33.2 Å². The van der Waals surface area contributed by atoms with Gasteiger partial charge in [0.1, 0.15) is 83.6 Å². The molecule has 120 heavy (non-hydrogen) atoms. The molecule has 3 saturated heterocycles. The van der Waals surface area contributed by atoms with Crippen LogP contribution < -0.4 is 41.0 Å². The van der Waals surface area contributed by atoms with Gasteiger partial charge in [0, 0.05) is 82.3 Å². The topological polar surface area (TPSA) is 431 Å². The summed E-state index contributed by atoms with van der Waals surface area (Å²) in [5.74, 6) is -4.15. The first-order chi connectivity index (χ1) is 57.8. The van der Waals surface area contributed by atoms with E-state index in [2.05, 4.69) is 25.6 Å². The molecule has 10 aromatic rings. The Balaban J connectivity index is 0.865. The van der Waals surface area contributed by atoms with Gasteiger partial charge in [-0.1, -0.05) is 128 Å². The van der Waals surface area contributed by atoms with Gasteiger partial charge in [0.05, 0.1) is 63.9 Å². The molecule has 7 heterocycles. The number of benzene rings is 6. The summed E-state index contributed by atoms with van der Waals surface area (Å²) >= 11 is 14.1. The molecule has 34 nitrogen and oxygen atoms in total. The van der Waals surface area contributed by atoms with E-state index in [-0.39, 0.29) is 93.2 Å². The Bertz CT molecular complexity index is 5610. The van der Waals surface area contributed by atoms with Crippen LogP contribution in [0.15, 0.2) is 192 Å². The number of nitrogens with zero attached hydrogens (tertiary/aromatic N) is 10. The van der Waals surface area contributed by atoms with Crippen LogP contribution in [0, 0.1) is 35.5 Å². The van der Waals surface area contributed by atoms with Crippen molar-refractivity contribution in [3.63, 3.8) is 0 Å². The van der Waals surface area contributed by atoms with Crippen LogP contribution in [-0.2, 0) is 65.7 Å². The van der Waals surface area contributed by atoms with Gasteiger partial charge in [0.25, 0.3) is 11.8 Å². The van der Waals surface area contributed by atoms with E-state index in [0.29, 0.717) is 62.3 Å². The molecule has 0 aliphatic carbocycles. The number of halogens is 2. The molecule has 6 aromatic carbocycles. The molecule has 13 rings (SSSR count).